The number of thiol groups is 1. The predicted molar refractivity (Wildman–Crippen MR) is 122 cm³/mol. The molecular formula is C21H25FN6OS. The largest absolute Gasteiger partial charge is 0.377 e. The van der Waals surface area contributed by atoms with Crippen LogP contribution < -0.4 is 10.2 Å². The lowest BCUT2D eigenvalue weighted by atomic mass is 10.00. The number of H-pyrrole nitrogens is 1. The van der Waals surface area contributed by atoms with Crippen molar-refractivity contribution in [3.05, 3.63) is 54.0 Å². The van der Waals surface area contributed by atoms with Crippen LogP contribution in [0.25, 0.3) is 11.1 Å². The van der Waals surface area contributed by atoms with Crippen molar-refractivity contribution in [1.82, 2.24) is 15.2 Å². The number of ether oxygens (including phenoxy) is 1. The lowest BCUT2D eigenvalue weighted by Gasteiger charge is -2.35. The number of hydrogen-bond acceptors (Lipinski definition) is 7. The van der Waals surface area contributed by atoms with Crippen LogP contribution in [0.1, 0.15) is 12.5 Å². The maximum absolute atomic E-state index is 14.6. The number of aromatic amines is 1. The van der Waals surface area contributed by atoms with E-state index in [9.17, 15) is 4.39 Å². The van der Waals surface area contributed by atoms with E-state index in [-0.39, 0.29) is 11.9 Å². The molecule has 0 spiro atoms. The fraction of sp³-hybridized carbons (Fsp3) is 0.286. The quantitative estimate of drug-likeness (QED) is 0.363. The minimum Gasteiger partial charge on any atom is -0.377 e. The van der Waals surface area contributed by atoms with Crippen LogP contribution in [-0.4, -0.2) is 53.5 Å². The zero-order chi connectivity index (χ0) is 21.5. The zero-order valence-corrected chi connectivity index (χ0v) is 17.8. The van der Waals surface area contributed by atoms with Crippen LogP contribution in [0.5, 0.6) is 0 Å². The van der Waals surface area contributed by atoms with Gasteiger partial charge in [0.05, 0.1) is 25.5 Å². The predicted octanol–water partition coefficient (Wildman–Crippen LogP) is 4.12. The molecule has 3 aromatic rings. The Labute approximate surface area is 180 Å². The molecule has 3 N–H and O–H groups in total. The number of nitrogens with one attached hydrogen (secondary N) is 3. The first-order chi connectivity index (χ1) is 14.7. The van der Waals surface area contributed by atoms with Gasteiger partial charge in [-0.2, -0.15) is 17.7 Å². The van der Waals surface area contributed by atoms with E-state index in [1.54, 1.807) is 36.7 Å². The molecule has 0 bridgehead atoms. The highest BCUT2D eigenvalue weighted by Crippen LogP contribution is 2.34. The standard InChI is InChI=1S/C20H21FN6O.CH4S/c1-13-12-28-9-8-27(13)19-10-15(14-4-2-3-5-17(14)21)16(11-22)20(25-19)24-18-6-7-23-26-18;1-2/h2-7,10-11,13,22H,8-9,12H2,1H3,(H2,23,24,25,26);2H,1H3. The average Bonchev–Trinajstić information content (AvgIpc) is 3.28. The molecular weight excluding hydrogens is 403 g/mol. The number of halogens is 1. The molecule has 1 aromatic carbocycles. The molecule has 1 aliphatic heterocycles. The van der Waals surface area contributed by atoms with Gasteiger partial charge in [-0.1, -0.05) is 18.2 Å². The van der Waals surface area contributed by atoms with E-state index in [2.05, 4.69) is 40.0 Å². The van der Waals surface area contributed by atoms with E-state index in [0.29, 0.717) is 53.9 Å². The second-order valence-electron chi connectivity index (χ2n) is 6.63. The minimum atomic E-state index is -0.342. The highest BCUT2D eigenvalue weighted by molar-refractivity contribution is 7.79. The molecule has 1 fully saturated rings. The Bertz CT molecular complexity index is 982. The Morgan fingerprint density at radius 3 is 2.77 bits per heavy atom. The molecule has 0 radical (unpaired) electrons. The summed E-state index contributed by atoms with van der Waals surface area (Å²) in [6.07, 6.45) is 4.51. The number of rotatable bonds is 5. The Morgan fingerprint density at radius 2 is 2.10 bits per heavy atom. The normalized spacial score (nSPS) is 15.9. The summed E-state index contributed by atoms with van der Waals surface area (Å²) in [5, 5.41) is 17.9. The van der Waals surface area contributed by atoms with E-state index in [1.165, 1.54) is 12.3 Å². The van der Waals surface area contributed by atoms with Crippen LogP contribution in [0.4, 0.5) is 21.8 Å². The summed E-state index contributed by atoms with van der Waals surface area (Å²) in [4.78, 5) is 6.88. The fourth-order valence-electron chi connectivity index (χ4n) is 3.35. The molecule has 30 heavy (non-hydrogen) atoms. The molecule has 1 unspecified atom stereocenters. The van der Waals surface area contributed by atoms with Crippen LogP contribution in [0.2, 0.25) is 0 Å². The first-order valence-corrected chi connectivity index (χ1v) is 10.4. The van der Waals surface area contributed by atoms with Crippen molar-refractivity contribution >= 4 is 36.3 Å². The van der Waals surface area contributed by atoms with Crippen molar-refractivity contribution in [2.45, 2.75) is 13.0 Å². The van der Waals surface area contributed by atoms with Crippen molar-refractivity contribution < 1.29 is 9.13 Å². The van der Waals surface area contributed by atoms with Gasteiger partial charge in [0.2, 0.25) is 0 Å². The smallest absolute Gasteiger partial charge is 0.143 e. The Kier molecular flexibility index (Phi) is 7.42. The summed E-state index contributed by atoms with van der Waals surface area (Å²) in [6, 6.07) is 10.3. The Hall–Kier alpha value is -2.91. The van der Waals surface area contributed by atoms with E-state index in [4.69, 9.17) is 15.1 Å². The highest BCUT2D eigenvalue weighted by Gasteiger charge is 2.24. The summed E-state index contributed by atoms with van der Waals surface area (Å²) in [5.41, 5.74) is 1.54. The van der Waals surface area contributed by atoms with Crippen LogP contribution in [0.3, 0.4) is 0 Å². The Balaban J connectivity index is 0.00000124. The van der Waals surface area contributed by atoms with Crippen molar-refractivity contribution in [1.29, 1.82) is 5.41 Å². The van der Waals surface area contributed by atoms with Gasteiger partial charge < -0.3 is 20.4 Å². The molecule has 1 atom stereocenters. The van der Waals surface area contributed by atoms with Gasteiger partial charge in [0, 0.05) is 35.5 Å². The van der Waals surface area contributed by atoms with Crippen LogP contribution in [-0.2, 0) is 4.74 Å². The monoisotopic (exact) mass is 428 g/mol. The molecule has 0 aliphatic carbocycles. The van der Waals surface area contributed by atoms with Gasteiger partial charge in [-0.15, -0.1) is 0 Å². The van der Waals surface area contributed by atoms with Crippen molar-refractivity contribution in [3.8, 4) is 11.1 Å². The maximum Gasteiger partial charge on any atom is 0.143 e. The van der Waals surface area contributed by atoms with Gasteiger partial charge in [0.1, 0.15) is 23.3 Å². The van der Waals surface area contributed by atoms with E-state index in [0.717, 1.165) is 0 Å². The van der Waals surface area contributed by atoms with Gasteiger partial charge in [-0.3, -0.25) is 5.10 Å². The number of anilines is 3. The van der Waals surface area contributed by atoms with Crippen molar-refractivity contribution in [2.75, 3.05) is 36.2 Å². The third-order valence-electron chi connectivity index (χ3n) is 4.77. The summed E-state index contributed by atoms with van der Waals surface area (Å²) >= 11 is 3.53. The van der Waals surface area contributed by atoms with Gasteiger partial charge in [-0.25, -0.2) is 9.37 Å². The van der Waals surface area contributed by atoms with Crippen LogP contribution in [0, 0.1) is 11.2 Å². The molecule has 9 heteroatoms. The number of morpholine rings is 1. The molecule has 158 valence electrons. The molecule has 1 aliphatic rings. The molecule has 0 saturated carbocycles. The van der Waals surface area contributed by atoms with Gasteiger partial charge in [-0.05, 0) is 25.3 Å². The first-order valence-electron chi connectivity index (χ1n) is 9.53. The second kappa shape index (κ2) is 10.2. The molecule has 2 aromatic heterocycles. The van der Waals surface area contributed by atoms with E-state index >= 15 is 0 Å². The third kappa shape index (κ3) is 4.63. The maximum atomic E-state index is 14.6. The van der Waals surface area contributed by atoms with Gasteiger partial charge >= 0.3 is 0 Å². The molecule has 7 nitrogen and oxygen atoms in total. The molecule has 4 rings (SSSR count). The molecule has 0 amide bonds. The third-order valence-corrected chi connectivity index (χ3v) is 4.77. The zero-order valence-electron chi connectivity index (χ0n) is 16.9. The summed E-state index contributed by atoms with van der Waals surface area (Å²) < 4.78 is 20.1. The first kappa shape index (κ1) is 21.8. The van der Waals surface area contributed by atoms with E-state index in [1.807, 2.05) is 6.07 Å². The van der Waals surface area contributed by atoms with Crippen molar-refractivity contribution in [2.24, 2.45) is 0 Å². The van der Waals surface area contributed by atoms with E-state index < -0.39 is 0 Å². The number of aromatic nitrogens is 3. The van der Waals surface area contributed by atoms with Crippen LogP contribution >= 0.6 is 12.6 Å². The SMILES string of the molecule is CC1COCCN1c1cc(-c2ccccc2F)c(C=N)c(Nc2ccn[nH]2)n1.CS. The fourth-order valence-corrected chi connectivity index (χ4v) is 3.35. The van der Waals surface area contributed by atoms with Gasteiger partial charge in [0.25, 0.3) is 0 Å². The summed E-state index contributed by atoms with van der Waals surface area (Å²) in [7, 11) is 0. The number of nitrogens with zero attached hydrogens (tertiary/aromatic N) is 3. The topological polar surface area (TPSA) is 89.9 Å². The average molecular weight is 429 g/mol. The lowest BCUT2D eigenvalue weighted by molar-refractivity contribution is 0.0985. The lowest BCUT2D eigenvalue weighted by Crippen LogP contribution is -2.44. The number of benzene rings is 1. The Morgan fingerprint density at radius 1 is 1.30 bits per heavy atom. The summed E-state index contributed by atoms with van der Waals surface area (Å²) in [5.74, 6) is 1.47. The molecule has 1 saturated heterocycles. The van der Waals surface area contributed by atoms with Gasteiger partial charge in [0.15, 0.2) is 0 Å². The highest BCUT2D eigenvalue weighted by atomic mass is 32.1. The second-order valence-corrected chi connectivity index (χ2v) is 6.63. The van der Waals surface area contributed by atoms with Crippen LogP contribution in [0.15, 0.2) is 42.6 Å². The van der Waals surface area contributed by atoms with Crippen molar-refractivity contribution in [3.63, 3.8) is 0 Å². The molecule has 3 heterocycles. The number of hydrogen-bond donors (Lipinski definition) is 4. The summed E-state index contributed by atoms with van der Waals surface area (Å²) in [6.45, 7) is 3.97. The number of pyridine rings is 1. The minimum absolute atomic E-state index is 0.139.